The van der Waals surface area contributed by atoms with Crippen LogP contribution < -0.4 is 0 Å². The fourth-order valence-corrected chi connectivity index (χ4v) is 3.54. The highest BCUT2D eigenvalue weighted by molar-refractivity contribution is 5.76. The van der Waals surface area contributed by atoms with Crippen LogP contribution in [-0.2, 0) is 14.3 Å². The van der Waals surface area contributed by atoms with Gasteiger partial charge in [0.1, 0.15) is 6.10 Å². The number of hydrogen-bond donors (Lipinski definition) is 0. The molecule has 1 aromatic rings. The van der Waals surface area contributed by atoms with Crippen molar-refractivity contribution in [3.63, 3.8) is 0 Å². The van der Waals surface area contributed by atoms with E-state index in [1.165, 1.54) is 11.1 Å². The summed E-state index contributed by atoms with van der Waals surface area (Å²) in [7, 11) is 0. The zero-order chi connectivity index (χ0) is 16.2. The number of hydrogen-bond acceptors (Lipinski definition) is 3. The molecule has 23 heavy (non-hydrogen) atoms. The lowest BCUT2D eigenvalue weighted by Crippen LogP contribution is -2.48. The van der Waals surface area contributed by atoms with Crippen molar-refractivity contribution in [2.45, 2.75) is 57.8 Å². The molecule has 2 fully saturated rings. The van der Waals surface area contributed by atoms with Crippen molar-refractivity contribution in [2.75, 3.05) is 19.8 Å². The molecule has 4 heteroatoms. The first kappa shape index (κ1) is 16.5. The van der Waals surface area contributed by atoms with Crippen LogP contribution in [0.5, 0.6) is 0 Å². The zero-order valence-electron chi connectivity index (χ0n) is 14.2. The number of morpholine rings is 1. The van der Waals surface area contributed by atoms with Crippen molar-refractivity contribution in [3.8, 4) is 0 Å². The van der Waals surface area contributed by atoms with Gasteiger partial charge in [-0.25, -0.2) is 0 Å². The molecule has 126 valence electrons. The molecule has 1 amide bonds. The Kier molecular flexibility index (Phi) is 5.34. The van der Waals surface area contributed by atoms with Gasteiger partial charge in [0.15, 0.2) is 0 Å². The minimum Gasteiger partial charge on any atom is -0.378 e. The molecule has 0 saturated carbocycles. The molecule has 0 radical (unpaired) electrons. The summed E-state index contributed by atoms with van der Waals surface area (Å²) in [6, 6.07) is 8.42. The van der Waals surface area contributed by atoms with Gasteiger partial charge in [-0.05, 0) is 44.2 Å². The third-order valence-corrected chi connectivity index (χ3v) is 4.99. The summed E-state index contributed by atoms with van der Waals surface area (Å²) >= 11 is 0. The lowest BCUT2D eigenvalue weighted by atomic mass is 10.0. The van der Waals surface area contributed by atoms with Crippen molar-refractivity contribution >= 4 is 5.91 Å². The molecule has 3 rings (SSSR count). The van der Waals surface area contributed by atoms with Gasteiger partial charge >= 0.3 is 0 Å². The predicted molar refractivity (Wildman–Crippen MR) is 89.3 cm³/mol. The van der Waals surface area contributed by atoms with Gasteiger partial charge in [0.2, 0.25) is 5.91 Å². The van der Waals surface area contributed by atoms with Crippen molar-refractivity contribution in [2.24, 2.45) is 0 Å². The number of aryl methyl sites for hydroxylation is 1. The average molecular weight is 317 g/mol. The van der Waals surface area contributed by atoms with Crippen LogP contribution in [0.1, 0.15) is 49.8 Å². The summed E-state index contributed by atoms with van der Waals surface area (Å²) in [6.07, 6.45) is 3.91. The summed E-state index contributed by atoms with van der Waals surface area (Å²) in [5.41, 5.74) is 2.41. The quantitative estimate of drug-likeness (QED) is 0.856. The molecule has 0 aliphatic carbocycles. The Morgan fingerprint density at radius 3 is 2.87 bits per heavy atom. The van der Waals surface area contributed by atoms with Crippen LogP contribution in [-0.4, -0.2) is 42.7 Å². The van der Waals surface area contributed by atoms with E-state index in [0.29, 0.717) is 19.6 Å². The Balaban J connectivity index is 1.61. The molecule has 2 saturated heterocycles. The molecule has 2 aliphatic rings. The number of ether oxygens (including phenoxy) is 2. The summed E-state index contributed by atoms with van der Waals surface area (Å²) in [5, 5.41) is 0. The molecule has 2 aliphatic heterocycles. The maximum absolute atomic E-state index is 12.6. The highest BCUT2D eigenvalue weighted by Crippen LogP contribution is 2.28. The first-order valence-corrected chi connectivity index (χ1v) is 8.73. The average Bonchev–Trinajstić information content (AvgIpc) is 3.07. The minimum absolute atomic E-state index is 0.0147. The van der Waals surface area contributed by atoms with Crippen molar-refractivity contribution in [1.82, 2.24) is 4.90 Å². The first-order valence-electron chi connectivity index (χ1n) is 8.73. The van der Waals surface area contributed by atoms with Crippen LogP contribution >= 0.6 is 0 Å². The number of amides is 1. The lowest BCUT2D eigenvalue weighted by Gasteiger charge is -2.39. The Morgan fingerprint density at radius 1 is 1.30 bits per heavy atom. The van der Waals surface area contributed by atoms with E-state index in [4.69, 9.17) is 9.47 Å². The summed E-state index contributed by atoms with van der Waals surface area (Å²) < 4.78 is 11.6. The lowest BCUT2D eigenvalue weighted by molar-refractivity contribution is -0.145. The topological polar surface area (TPSA) is 38.8 Å². The smallest absolute Gasteiger partial charge is 0.223 e. The second kappa shape index (κ2) is 7.45. The van der Waals surface area contributed by atoms with Crippen molar-refractivity contribution < 1.29 is 14.3 Å². The highest BCUT2D eigenvalue weighted by atomic mass is 16.5. The van der Waals surface area contributed by atoms with Crippen LogP contribution in [0.15, 0.2) is 24.3 Å². The molecule has 4 nitrogen and oxygen atoms in total. The molecule has 0 aromatic heterocycles. The molecule has 0 unspecified atom stereocenters. The third-order valence-electron chi connectivity index (χ3n) is 4.99. The molecule has 2 heterocycles. The third kappa shape index (κ3) is 3.93. The maximum Gasteiger partial charge on any atom is 0.223 e. The monoisotopic (exact) mass is 317 g/mol. The normalized spacial score (nSPS) is 28.1. The second-order valence-corrected chi connectivity index (χ2v) is 6.75. The minimum atomic E-state index is -0.0147. The number of rotatable bonds is 4. The Labute approximate surface area is 138 Å². The SMILES string of the molecule is Cc1ccccc1[C@@H]1CN(C(=O)CC[C@H]2CCCO2)[C@@H](C)CO1. The van der Waals surface area contributed by atoms with E-state index in [1.54, 1.807) is 0 Å². The fourth-order valence-electron chi connectivity index (χ4n) is 3.54. The van der Waals surface area contributed by atoms with E-state index in [9.17, 15) is 4.79 Å². The van der Waals surface area contributed by atoms with Crippen molar-refractivity contribution in [3.05, 3.63) is 35.4 Å². The molecular formula is C19H27NO3. The molecule has 0 spiro atoms. The van der Waals surface area contributed by atoms with Crippen LogP contribution in [0.3, 0.4) is 0 Å². The Hall–Kier alpha value is -1.39. The highest BCUT2D eigenvalue weighted by Gasteiger charge is 2.31. The van der Waals surface area contributed by atoms with Gasteiger partial charge in [-0.3, -0.25) is 4.79 Å². The number of benzene rings is 1. The van der Waals surface area contributed by atoms with Crippen LogP contribution in [0.25, 0.3) is 0 Å². The molecule has 3 atom stereocenters. The predicted octanol–water partition coefficient (Wildman–Crippen LogP) is 3.24. The summed E-state index contributed by atoms with van der Waals surface area (Å²) in [4.78, 5) is 14.6. The van der Waals surface area contributed by atoms with E-state index in [-0.39, 0.29) is 24.2 Å². The number of carbonyl (C=O) groups is 1. The summed E-state index contributed by atoms with van der Waals surface area (Å²) in [5.74, 6) is 0.231. The molecular weight excluding hydrogens is 290 g/mol. The van der Waals surface area contributed by atoms with E-state index in [0.717, 1.165) is 25.9 Å². The zero-order valence-corrected chi connectivity index (χ0v) is 14.2. The standard InChI is InChI=1S/C19H27NO3/c1-14-6-3-4-8-17(14)18-12-20(15(2)13-23-18)19(21)10-9-16-7-5-11-22-16/h3-4,6,8,15-16,18H,5,7,9-13H2,1-2H3/t15-,16+,18-/m0/s1. The molecule has 1 aromatic carbocycles. The van der Waals surface area contributed by atoms with Gasteiger partial charge in [-0.2, -0.15) is 0 Å². The van der Waals surface area contributed by atoms with Gasteiger partial charge in [0, 0.05) is 13.0 Å². The van der Waals surface area contributed by atoms with E-state index < -0.39 is 0 Å². The van der Waals surface area contributed by atoms with Gasteiger partial charge in [-0.15, -0.1) is 0 Å². The number of nitrogens with zero attached hydrogens (tertiary/aromatic N) is 1. The van der Waals surface area contributed by atoms with E-state index in [1.807, 2.05) is 17.0 Å². The van der Waals surface area contributed by atoms with Crippen LogP contribution in [0.4, 0.5) is 0 Å². The Bertz CT molecular complexity index is 539. The largest absolute Gasteiger partial charge is 0.378 e. The van der Waals surface area contributed by atoms with Gasteiger partial charge in [-0.1, -0.05) is 24.3 Å². The molecule has 0 bridgehead atoms. The first-order chi connectivity index (χ1) is 11.1. The fraction of sp³-hybridized carbons (Fsp3) is 0.632. The summed E-state index contributed by atoms with van der Waals surface area (Å²) in [6.45, 7) is 6.27. The van der Waals surface area contributed by atoms with Gasteiger partial charge < -0.3 is 14.4 Å². The van der Waals surface area contributed by atoms with Crippen LogP contribution in [0.2, 0.25) is 0 Å². The van der Waals surface area contributed by atoms with Crippen molar-refractivity contribution in [1.29, 1.82) is 0 Å². The Morgan fingerprint density at radius 2 is 2.13 bits per heavy atom. The van der Waals surface area contributed by atoms with E-state index in [2.05, 4.69) is 26.0 Å². The van der Waals surface area contributed by atoms with E-state index >= 15 is 0 Å². The second-order valence-electron chi connectivity index (χ2n) is 6.75. The van der Waals surface area contributed by atoms with Gasteiger partial charge in [0.25, 0.3) is 0 Å². The molecule has 0 N–H and O–H groups in total. The maximum atomic E-state index is 12.6. The van der Waals surface area contributed by atoms with Gasteiger partial charge in [0.05, 0.1) is 25.3 Å². The number of carbonyl (C=O) groups excluding carboxylic acids is 1. The van der Waals surface area contributed by atoms with Crippen LogP contribution in [0, 0.1) is 6.92 Å².